The molecule has 2 aromatic carbocycles. The molecule has 21 heavy (non-hydrogen) atoms. The molecule has 1 amide bonds. The minimum atomic E-state index is -0.282. The lowest BCUT2D eigenvalue weighted by Gasteiger charge is -2.10. The molecule has 0 aliphatic heterocycles. The van der Waals surface area contributed by atoms with Gasteiger partial charge in [0.15, 0.2) is 12.9 Å². The lowest BCUT2D eigenvalue weighted by Crippen LogP contribution is -2.28. The Balaban J connectivity index is 1.88. The lowest BCUT2D eigenvalue weighted by atomic mass is 10.2. The van der Waals surface area contributed by atoms with Crippen molar-refractivity contribution < 1.29 is 14.3 Å². The van der Waals surface area contributed by atoms with Gasteiger partial charge in [-0.25, -0.2) is 0 Å². The Morgan fingerprint density at radius 2 is 1.90 bits per heavy atom. The molecule has 0 unspecified atom stereocenters. The van der Waals surface area contributed by atoms with Crippen LogP contribution in [-0.4, -0.2) is 18.8 Å². The molecule has 0 spiro atoms. The van der Waals surface area contributed by atoms with Crippen LogP contribution in [0.1, 0.15) is 15.9 Å². The lowest BCUT2D eigenvalue weighted by molar-refractivity contribution is -0.123. The van der Waals surface area contributed by atoms with E-state index in [0.717, 1.165) is 5.56 Å². The van der Waals surface area contributed by atoms with Gasteiger partial charge in [-0.2, -0.15) is 0 Å². The molecule has 0 heterocycles. The van der Waals surface area contributed by atoms with Crippen molar-refractivity contribution in [2.24, 2.45) is 0 Å². The number of nitrogens with one attached hydrogen (secondary N) is 1. The molecule has 108 valence electrons. The fourth-order valence-electron chi connectivity index (χ4n) is 1.76. The van der Waals surface area contributed by atoms with Crippen LogP contribution >= 0.6 is 11.6 Å². The quantitative estimate of drug-likeness (QED) is 0.835. The van der Waals surface area contributed by atoms with Crippen LogP contribution in [0.4, 0.5) is 0 Å². The van der Waals surface area contributed by atoms with Crippen molar-refractivity contribution in [3.63, 3.8) is 0 Å². The number of halogens is 1. The molecule has 0 aromatic heterocycles. The van der Waals surface area contributed by atoms with Crippen LogP contribution in [0.5, 0.6) is 5.75 Å². The van der Waals surface area contributed by atoms with Gasteiger partial charge in [-0.3, -0.25) is 9.59 Å². The largest absolute Gasteiger partial charge is 0.481 e. The topological polar surface area (TPSA) is 55.4 Å². The smallest absolute Gasteiger partial charge is 0.258 e. The monoisotopic (exact) mass is 303 g/mol. The molecule has 0 saturated carbocycles. The number of hydrogen-bond donors (Lipinski definition) is 1. The Morgan fingerprint density at radius 1 is 1.14 bits per heavy atom. The zero-order valence-corrected chi connectivity index (χ0v) is 12.0. The van der Waals surface area contributed by atoms with Crippen molar-refractivity contribution in [1.82, 2.24) is 5.32 Å². The second kappa shape index (κ2) is 7.45. The summed E-state index contributed by atoms with van der Waals surface area (Å²) in [4.78, 5) is 22.6. The number of carbonyl (C=O) groups excluding carboxylic acids is 2. The molecule has 0 radical (unpaired) electrons. The van der Waals surface area contributed by atoms with Gasteiger partial charge in [-0.15, -0.1) is 0 Å². The number of benzene rings is 2. The highest BCUT2D eigenvalue weighted by Gasteiger charge is 2.10. The summed E-state index contributed by atoms with van der Waals surface area (Å²) in [5.74, 6) is -0.0559. The normalized spacial score (nSPS) is 9.95. The predicted octanol–water partition coefficient (Wildman–Crippen LogP) is 2.85. The van der Waals surface area contributed by atoms with Gasteiger partial charge in [-0.05, 0) is 17.7 Å². The van der Waals surface area contributed by atoms with Gasteiger partial charge >= 0.3 is 0 Å². The fourth-order valence-corrected chi connectivity index (χ4v) is 1.99. The number of aldehydes is 1. The summed E-state index contributed by atoms with van der Waals surface area (Å²) in [7, 11) is 0. The molecule has 0 bridgehead atoms. The minimum Gasteiger partial charge on any atom is -0.481 e. The Labute approximate surface area is 127 Å². The number of amides is 1. The molecule has 0 fully saturated rings. The minimum absolute atomic E-state index is 0.197. The second-order valence-corrected chi connectivity index (χ2v) is 4.73. The van der Waals surface area contributed by atoms with E-state index in [-0.39, 0.29) is 18.3 Å². The molecule has 2 rings (SSSR count). The predicted molar refractivity (Wildman–Crippen MR) is 80.6 cm³/mol. The zero-order valence-electron chi connectivity index (χ0n) is 11.2. The highest BCUT2D eigenvalue weighted by atomic mass is 35.5. The zero-order chi connectivity index (χ0) is 15.1. The Kier molecular flexibility index (Phi) is 5.35. The van der Waals surface area contributed by atoms with Gasteiger partial charge in [0.1, 0.15) is 5.75 Å². The van der Waals surface area contributed by atoms with Gasteiger partial charge in [0.05, 0.1) is 10.6 Å². The molecule has 0 aliphatic rings. The molecular formula is C16H14ClNO3. The number of para-hydroxylation sites is 1. The number of ether oxygens (including phenoxy) is 1. The molecule has 0 aliphatic carbocycles. The molecule has 0 saturated heterocycles. The van der Waals surface area contributed by atoms with Crippen LogP contribution in [-0.2, 0) is 11.3 Å². The van der Waals surface area contributed by atoms with Crippen molar-refractivity contribution in [3.8, 4) is 5.75 Å². The third-order valence-electron chi connectivity index (χ3n) is 2.80. The average Bonchev–Trinajstić information content (AvgIpc) is 2.52. The summed E-state index contributed by atoms with van der Waals surface area (Å²) < 4.78 is 5.33. The second-order valence-electron chi connectivity index (χ2n) is 4.33. The molecule has 2 aromatic rings. The highest BCUT2D eigenvalue weighted by molar-refractivity contribution is 6.32. The van der Waals surface area contributed by atoms with E-state index >= 15 is 0 Å². The van der Waals surface area contributed by atoms with E-state index in [2.05, 4.69) is 5.32 Å². The maximum atomic E-state index is 11.7. The van der Waals surface area contributed by atoms with Crippen molar-refractivity contribution in [1.29, 1.82) is 0 Å². The van der Waals surface area contributed by atoms with Crippen LogP contribution in [0.15, 0.2) is 48.5 Å². The van der Waals surface area contributed by atoms with Gasteiger partial charge in [0.25, 0.3) is 5.91 Å². The van der Waals surface area contributed by atoms with E-state index in [1.165, 1.54) is 0 Å². The number of rotatable bonds is 6. The maximum absolute atomic E-state index is 11.7. The molecule has 5 heteroatoms. The number of hydrogen-bond acceptors (Lipinski definition) is 3. The molecular weight excluding hydrogens is 290 g/mol. The van der Waals surface area contributed by atoms with E-state index in [1.54, 1.807) is 18.2 Å². The Morgan fingerprint density at radius 3 is 2.62 bits per heavy atom. The van der Waals surface area contributed by atoms with E-state index in [4.69, 9.17) is 16.3 Å². The van der Waals surface area contributed by atoms with E-state index in [1.807, 2.05) is 30.3 Å². The Bertz CT molecular complexity index is 629. The summed E-state index contributed by atoms with van der Waals surface area (Å²) in [6.45, 7) is 0.226. The van der Waals surface area contributed by atoms with Crippen LogP contribution in [0.3, 0.4) is 0 Å². The van der Waals surface area contributed by atoms with Gasteiger partial charge in [-0.1, -0.05) is 48.0 Å². The summed E-state index contributed by atoms with van der Waals surface area (Å²) in [6.07, 6.45) is 0.642. The number of carbonyl (C=O) groups is 2. The summed E-state index contributed by atoms with van der Waals surface area (Å²) in [5.41, 5.74) is 1.32. The van der Waals surface area contributed by atoms with Crippen LogP contribution in [0.2, 0.25) is 5.02 Å². The van der Waals surface area contributed by atoms with E-state index < -0.39 is 0 Å². The average molecular weight is 304 g/mol. The van der Waals surface area contributed by atoms with E-state index in [9.17, 15) is 9.59 Å². The third-order valence-corrected chi connectivity index (χ3v) is 3.10. The van der Waals surface area contributed by atoms with Gasteiger partial charge < -0.3 is 10.1 Å². The third kappa shape index (κ3) is 4.33. The van der Waals surface area contributed by atoms with Crippen LogP contribution in [0, 0.1) is 0 Å². The van der Waals surface area contributed by atoms with Crippen molar-refractivity contribution in [3.05, 3.63) is 64.7 Å². The summed E-state index contributed by atoms with van der Waals surface area (Å²) in [5, 5.41) is 3.03. The van der Waals surface area contributed by atoms with Gasteiger partial charge in [0.2, 0.25) is 0 Å². The maximum Gasteiger partial charge on any atom is 0.258 e. The first-order valence-corrected chi connectivity index (χ1v) is 6.75. The van der Waals surface area contributed by atoms with Gasteiger partial charge in [0, 0.05) is 6.54 Å². The SMILES string of the molecule is O=Cc1cccc(Cl)c1OCC(=O)NCc1ccccc1. The van der Waals surface area contributed by atoms with Crippen molar-refractivity contribution in [2.45, 2.75) is 6.54 Å². The first kappa shape index (κ1) is 15.1. The summed E-state index contributed by atoms with van der Waals surface area (Å²) in [6, 6.07) is 14.4. The Hall–Kier alpha value is -2.33. The fraction of sp³-hybridized carbons (Fsp3) is 0.125. The van der Waals surface area contributed by atoms with E-state index in [0.29, 0.717) is 23.4 Å². The summed E-state index contributed by atoms with van der Waals surface area (Å²) >= 11 is 5.95. The van der Waals surface area contributed by atoms with Crippen LogP contribution < -0.4 is 10.1 Å². The standard InChI is InChI=1S/C16H14ClNO3/c17-14-8-4-7-13(10-19)16(14)21-11-15(20)18-9-12-5-2-1-3-6-12/h1-8,10H,9,11H2,(H,18,20). The molecule has 1 N–H and O–H groups in total. The van der Waals surface area contributed by atoms with Crippen LogP contribution in [0.25, 0.3) is 0 Å². The first-order chi connectivity index (χ1) is 10.2. The molecule has 0 atom stereocenters. The molecule has 4 nitrogen and oxygen atoms in total. The van der Waals surface area contributed by atoms with Crippen molar-refractivity contribution >= 4 is 23.8 Å². The first-order valence-electron chi connectivity index (χ1n) is 6.38. The highest BCUT2D eigenvalue weighted by Crippen LogP contribution is 2.27. The van der Waals surface area contributed by atoms with Crippen molar-refractivity contribution in [2.75, 3.05) is 6.61 Å².